The Morgan fingerprint density at radius 1 is 1.00 bits per heavy atom. The summed E-state index contributed by atoms with van der Waals surface area (Å²) >= 11 is 3.21. The zero-order valence-corrected chi connectivity index (χ0v) is 21.9. The van der Waals surface area contributed by atoms with E-state index >= 15 is 0 Å². The number of hydrogen-bond acceptors (Lipinski definition) is 5. The second-order valence-electron chi connectivity index (χ2n) is 7.38. The largest absolute Gasteiger partial charge is 0.404 e. The molecular formula is C26H27BrN4O4S. The van der Waals surface area contributed by atoms with Crippen LogP contribution in [0.4, 0.5) is 5.69 Å². The molecule has 0 radical (unpaired) electrons. The average molecular weight is 571 g/mol. The molecule has 3 aromatic rings. The van der Waals surface area contributed by atoms with Gasteiger partial charge in [0, 0.05) is 22.8 Å². The van der Waals surface area contributed by atoms with Crippen LogP contribution in [0.25, 0.3) is 11.1 Å². The minimum Gasteiger partial charge on any atom is -0.404 e. The molecule has 8 nitrogen and oxygen atoms in total. The van der Waals surface area contributed by atoms with Crippen molar-refractivity contribution in [3.63, 3.8) is 0 Å². The maximum atomic E-state index is 11.9. The monoisotopic (exact) mass is 570 g/mol. The number of aryl methyl sites for hydroxylation is 1. The first-order chi connectivity index (χ1) is 17.2. The van der Waals surface area contributed by atoms with Crippen LogP contribution in [0, 0.1) is 6.92 Å². The summed E-state index contributed by atoms with van der Waals surface area (Å²) in [6, 6.07) is 21.2. The summed E-state index contributed by atoms with van der Waals surface area (Å²) in [5.41, 5.74) is 8.77. The number of amides is 2. The lowest BCUT2D eigenvalue weighted by Crippen LogP contribution is -2.24. The van der Waals surface area contributed by atoms with E-state index in [0.29, 0.717) is 29.8 Å². The summed E-state index contributed by atoms with van der Waals surface area (Å²) in [5, 5.41) is 10.4. The van der Waals surface area contributed by atoms with Gasteiger partial charge in [-0.25, -0.2) is 13.6 Å². The fraction of sp³-hybridized carbons (Fsp3) is 0.0769. The van der Waals surface area contributed by atoms with Gasteiger partial charge in [-0.15, -0.1) is 0 Å². The summed E-state index contributed by atoms with van der Waals surface area (Å²) in [6.45, 7) is 2.34. The Bertz CT molecular complexity index is 1350. The van der Waals surface area contributed by atoms with E-state index in [2.05, 4.69) is 26.6 Å². The molecule has 2 amide bonds. The van der Waals surface area contributed by atoms with Gasteiger partial charge in [-0.2, -0.15) is 0 Å². The molecule has 6 N–H and O–H groups in total. The number of anilines is 1. The molecular weight excluding hydrogens is 544 g/mol. The van der Waals surface area contributed by atoms with Gasteiger partial charge in [0.2, 0.25) is 16.4 Å². The second-order valence-corrected chi connectivity index (χ2v) is 9.82. The Kier molecular flexibility index (Phi) is 11.1. The molecule has 3 rings (SSSR count). The Hall–Kier alpha value is -3.73. The van der Waals surface area contributed by atoms with Crippen LogP contribution in [0.1, 0.15) is 15.9 Å². The van der Waals surface area contributed by atoms with E-state index in [4.69, 9.17) is 10.9 Å². The molecule has 0 saturated heterocycles. The zero-order chi connectivity index (χ0) is 26.6. The number of sulfonamides is 1. The average Bonchev–Trinajstić information content (AvgIpc) is 2.87. The number of nitrogens with two attached hydrogens (primary N) is 2. The standard InChI is InChI=1S/C13H14BrN3O2.C13H13NO2S/c14-10(8-15)4-3-7-16-13(19)11-5-1-2-6-12(11)17-9-18;1-10-6-8-11(9-7-10)12-4-2-3-5-13(12)17(14,15)16/h1-6,8-9H,7,15H2,(H,16,19)(H,17,18);2-9H,1H3,(H2,14,15,16)/b4-3-,10-8+;. The summed E-state index contributed by atoms with van der Waals surface area (Å²) in [4.78, 5) is 22.5. The summed E-state index contributed by atoms with van der Waals surface area (Å²) in [5.74, 6) is -0.262. The van der Waals surface area contributed by atoms with Crippen molar-refractivity contribution in [1.29, 1.82) is 0 Å². The van der Waals surface area contributed by atoms with E-state index in [1.165, 1.54) is 12.3 Å². The van der Waals surface area contributed by atoms with Crippen LogP contribution in [0.15, 0.2) is 101 Å². The summed E-state index contributed by atoms with van der Waals surface area (Å²) < 4.78 is 23.7. The van der Waals surface area contributed by atoms with E-state index in [1.807, 2.05) is 31.2 Å². The first kappa shape index (κ1) is 28.5. The number of nitrogens with one attached hydrogen (secondary N) is 2. The van der Waals surface area contributed by atoms with E-state index in [-0.39, 0.29) is 10.8 Å². The van der Waals surface area contributed by atoms with Crippen molar-refractivity contribution in [2.45, 2.75) is 11.8 Å². The molecule has 36 heavy (non-hydrogen) atoms. The van der Waals surface area contributed by atoms with E-state index in [9.17, 15) is 18.0 Å². The number of rotatable bonds is 8. The maximum Gasteiger partial charge on any atom is 0.253 e. The van der Waals surface area contributed by atoms with Crippen molar-refractivity contribution in [3.8, 4) is 11.1 Å². The van der Waals surface area contributed by atoms with Crippen molar-refractivity contribution < 1.29 is 18.0 Å². The summed E-state index contributed by atoms with van der Waals surface area (Å²) in [7, 11) is -3.69. The van der Waals surface area contributed by atoms with Gasteiger partial charge in [0.05, 0.1) is 16.1 Å². The lowest BCUT2D eigenvalue weighted by molar-refractivity contribution is -0.105. The minimum atomic E-state index is -3.69. The number of halogens is 1. The predicted molar refractivity (Wildman–Crippen MR) is 147 cm³/mol. The topological polar surface area (TPSA) is 144 Å². The molecule has 10 heteroatoms. The summed E-state index contributed by atoms with van der Waals surface area (Å²) in [6.07, 6.45) is 5.42. The molecule has 188 valence electrons. The molecule has 0 heterocycles. The molecule has 0 aliphatic rings. The molecule has 0 spiro atoms. The third kappa shape index (κ3) is 8.81. The van der Waals surface area contributed by atoms with Crippen LogP contribution in [0.2, 0.25) is 0 Å². The first-order valence-corrected chi connectivity index (χ1v) is 13.0. The zero-order valence-electron chi connectivity index (χ0n) is 19.5. The van der Waals surface area contributed by atoms with Gasteiger partial charge in [0.15, 0.2) is 0 Å². The lowest BCUT2D eigenvalue weighted by Gasteiger charge is -2.07. The number of primary sulfonamides is 1. The number of hydrogen-bond donors (Lipinski definition) is 4. The Labute approximate surface area is 219 Å². The van der Waals surface area contributed by atoms with Gasteiger partial charge in [-0.3, -0.25) is 9.59 Å². The van der Waals surface area contributed by atoms with Crippen LogP contribution in [0.3, 0.4) is 0 Å². The first-order valence-electron chi connectivity index (χ1n) is 10.7. The molecule has 0 aliphatic carbocycles. The van der Waals surface area contributed by atoms with Crippen LogP contribution < -0.4 is 21.5 Å². The predicted octanol–water partition coefficient (Wildman–Crippen LogP) is 4.05. The number of carbonyl (C=O) groups is 2. The van der Waals surface area contributed by atoms with Crippen LogP contribution >= 0.6 is 15.9 Å². The van der Waals surface area contributed by atoms with Gasteiger partial charge in [0.25, 0.3) is 5.91 Å². The Morgan fingerprint density at radius 2 is 1.64 bits per heavy atom. The molecule has 0 fully saturated rings. The van der Waals surface area contributed by atoms with Gasteiger partial charge in [-0.1, -0.05) is 66.2 Å². The normalized spacial score (nSPS) is 11.4. The van der Waals surface area contributed by atoms with Gasteiger partial charge in [-0.05, 0) is 52.7 Å². The van der Waals surface area contributed by atoms with Gasteiger partial charge >= 0.3 is 0 Å². The lowest BCUT2D eigenvalue weighted by atomic mass is 10.0. The maximum absolute atomic E-state index is 11.9. The molecule has 0 aromatic heterocycles. The number of benzene rings is 3. The number of carbonyl (C=O) groups excluding carboxylic acids is 2. The highest BCUT2D eigenvalue weighted by molar-refractivity contribution is 9.11. The van der Waals surface area contributed by atoms with Crippen molar-refractivity contribution in [2.75, 3.05) is 11.9 Å². The van der Waals surface area contributed by atoms with Crippen molar-refractivity contribution in [2.24, 2.45) is 10.9 Å². The van der Waals surface area contributed by atoms with Crippen LogP contribution in [-0.2, 0) is 14.8 Å². The van der Waals surface area contributed by atoms with Crippen molar-refractivity contribution in [1.82, 2.24) is 5.32 Å². The second kappa shape index (κ2) is 14.0. The molecule has 3 aromatic carbocycles. The quantitative estimate of drug-likeness (QED) is 0.238. The SMILES string of the molecule is Cc1ccc(-c2ccccc2S(N)(=O)=O)cc1.N/C=C(Br)\C=C/CNC(=O)c1ccccc1NC=O. The molecule has 0 aliphatic heterocycles. The fourth-order valence-electron chi connectivity index (χ4n) is 3.03. The third-order valence-electron chi connectivity index (χ3n) is 4.76. The van der Waals surface area contributed by atoms with Gasteiger partial charge in [0.1, 0.15) is 0 Å². The minimum absolute atomic E-state index is 0.156. The number of para-hydroxylation sites is 1. The highest BCUT2D eigenvalue weighted by atomic mass is 79.9. The smallest absolute Gasteiger partial charge is 0.253 e. The van der Waals surface area contributed by atoms with E-state index in [0.717, 1.165) is 15.6 Å². The van der Waals surface area contributed by atoms with E-state index < -0.39 is 10.0 Å². The van der Waals surface area contributed by atoms with Crippen LogP contribution in [0.5, 0.6) is 0 Å². The highest BCUT2D eigenvalue weighted by Crippen LogP contribution is 2.26. The van der Waals surface area contributed by atoms with Crippen LogP contribution in [-0.4, -0.2) is 27.3 Å². The third-order valence-corrected chi connectivity index (χ3v) is 6.26. The molecule has 0 atom stereocenters. The Balaban J connectivity index is 0.000000255. The molecule has 0 saturated carbocycles. The Morgan fingerprint density at radius 3 is 2.28 bits per heavy atom. The highest BCUT2D eigenvalue weighted by Gasteiger charge is 2.14. The molecule has 0 unspecified atom stereocenters. The van der Waals surface area contributed by atoms with Gasteiger partial charge < -0.3 is 16.4 Å². The molecule has 0 bridgehead atoms. The number of allylic oxidation sites excluding steroid dienone is 2. The van der Waals surface area contributed by atoms with Crippen molar-refractivity contribution in [3.05, 3.63) is 107 Å². The fourth-order valence-corrected chi connectivity index (χ4v) is 3.98. The van der Waals surface area contributed by atoms with E-state index in [1.54, 1.807) is 54.6 Å². The van der Waals surface area contributed by atoms with Crippen molar-refractivity contribution >= 4 is 44.0 Å².